The molecule has 1 saturated heterocycles. The Hall–Kier alpha value is -1.06. The molecule has 0 radical (unpaired) electrons. The fourth-order valence-corrected chi connectivity index (χ4v) is 2.31. The highest BCUT2D eigenvalue weighted by Gasteiger charge is 2.11. The number of hydrogen-bond acceptors (Lipinski definition) is 3. The summed E-state index contributed by atoms with van der Waals surface area (Å²) in [6, 6.07) is 8.54. The SMILES string of the molecule is CN(CCN1CCCC1)c1ccc(CN)cc1. The van der Waals surface area contributed by atoms with Gasteiger partial charge in [0.2, 0.25) is 0 Å². The summed E-state index contributed by atoms with van der Waals surface area (Å²) in [7, 11) is 2.16. The van der Waals surface area contributed by atoms with Crippen molar-refractivity contribution in [3.63, 3.8) is 0 Å². The monoisotopic (exact) mass is 233 g/mol. The predicted octanol–water partition coefficient (Wildman–Crippen LogP) is 1.68. The summed E-state index contributed by atoms with van der Waals surface area (Å²) in [5.74, 6) is 0. The van der Waals surface area contributed by atoms with Crippen LogP contribution in [0.1, 0.15) is 18.4 Å². The molecule has 1 aromatic rings. The Morgan fingerprint density at radius 2 is 1.82 bits per heavy atom. The van der Waals surface area contributed by atoms with Gasteiger partial charge in [-0.2, -0.15) is 0 Å². The summed E-state index contributed by atoms with van der Waals surface area (Å²) in [5.41, 5.74) is 8.07. The van der Waals surface area contributed by atoms with Gasteiger partial charge < -0.3 is 15.5 Å². The minimum absolute atomic E-state index is 0.623. The third-order valence-electron chi connectivity index (χ3n) is 3.56. The van der Waals surface area contributed by atoms with Crippen LogP contribution < -0.4 is 10.6 Å². The van der Waals surface area contributed by atoms with Crippen LogP contribution in [0.5, 0.6) is 0 Å². The van der Waals surface area contributed by atoms with Gasteiger partial charge in [-0.15, -0.1) is 0 Å². The highest BCUT2D eigenvalue weighted by atomic mass is 15.2. The molecule has 1 aromatic carbocycles. The van der Waals surface area contributed by atoms with Crippen LogP contribution in [-0.2, 0) is 6.54 Å². The second kappa shape index (κ2) is 6.03. The molecule has 17 heavy (non-hydrogen) atoms. The third-order valence-corrected chi connectivity index (χ3v) is 3.56. The molecule has 2 N–H and O–H groups in total. The van der Waals surface area contributed by atoms with Gasteiger partial charge >= 0.3 is 0 Å². The molecule has 2 rings (SSSR count). The Bertz CT molecular complexity index is 328. The Kier molecular flexibility index (Phi) is 4.40. The van der Waals surface area contributed by atoms with Crippen LogP contribution in [-0.4, -0.2) is 38.1 Å². The fourth-order valence-electron chi connectivity index (χ4n) is 2.31. The van der Waals surface area contributed by atoms with Crippen LogP contribution >= 0.6 is 0 Å². The van der Waals surface area contributed by atoms with Crippen LogP contribution in [0.4, 0.5) is 5.69 Å². The van der Waals surface area contributed by atoms with Crippen molar-refractivity contribution in [1.29, 1.82) is 0 Å². The molecule has 3 nitrogen and oxygen atoms in total. The second-order valence-electron chi connectivity index (χ2n) is 4.84. The number of rotatable bonds is 5. The van der Waals surface area contributed by atoms with E-state index in [1.165, 1.54) is 43.7 Å². The van der Waals surface area contributed by atoms with E-state index in [-0.39, 0.29) is 0 Å². The topological polar surface area (TPSA) is 32.5 Å². The number of hydrogen-bond donors (Lipinski definition) is 1. The lowest BCUT2D eigenvalue weighted by molar-refractivity contribution is 0.346. The molecule has 3 heteroatoms. The summed E-state index contributed by atoms with van der Waals surface area (Å²) < 4.78 is 0. The van der Waals surface area contributed by atoms with E-state index in [1.54, 1.807) is 0 Å². The van der Waals surface area contributed by atoms with Crippen LogP contribution in [0.2, 0.25) is 0 Å². The van der Waals surface area contributed by atoms with Gasteiger partial charge in [0, 0.05) is 32.4 Å². The largest absolute Gasteiger partial charge is 0.373 e. The molecule has 0 atom stereocenters. The van der Waals surface area contributed by atoms with Gasteiger partial charge in [0.1, 0.15) is 0 Å². The summed E-state index contributed by atoms with van der Waals surface area (Å²) in [5, 5.41) is 0. The van der Waals surface area contributed by atoms with Crippen LogP contribution in [0, 0.1) is 0 Å². The standard InChI is InChI=1S/C14H23N3/c1-16(10-11-17-8-2-3-9-17)14-6-4-13(12-15)5-7-14/h4-7H,2-3,8-12,15H2,1H3. The summed E-state index contributed by atoms with van der Waals surface area (Å²) in [6.07, 6.45) is 2.74. The molecule has 1 aliphatic heterocycles. The first-order chi connectivity index (χ1) is 8.29. The van der Waals surface area contributed by atoms with Crippen molar-refractivity contribution < 1.29 is 0 Å². The number of likely N-dealkylation sites (tertiary alicyclic amines) is 1. The zero-order chi connectivity index (χ0) is 12.1. The van der Waals surface area contributed by atoms with E-state index in [2.05, 4.69) is 41.1 Å². The van der Waals surface area contributed by atoms with Crippen molar-refractivity contribution in [3.8, 4) is 0 Å². The molecule has 0 aromatic heterocycles. The van der Waals surface area contributed by atoms with Crippen molar-refractivity contribution in [1.82, 2.24) is 4.90 Å². The van der Waals surface area contributed by atoms with Gasteiger partial charge in [0.15, 0.2) is 0 Å². The van der Waals surface area contributed by atoms with E-state index in [9.17, 15) is 0 Å². The molecule has 0 spiro atoms. The minimum Gasteiger partial charge on any atom is -0.373 e. The average molecular weight is 233 g/mol. The third kappa shape index (κ3) is 3.45. The Labute approximate surface area is 104 Å². The predicted molar refractivity (Wildman–Crippen MR) is 73.3 cm³/mol. The van der Waals surface area contributed by atoms with Gasteiger partial charge in [-0.25, -0.2) is 0 Å². The van der Waals surface area contributed by atoms with E-state index in [0.717, 1.165) is 6.54 Å². The molecule has 0 saturated carbocycles. The lowest BCUT2D eigenvalue weighted by Crippen LogP contribution is -2.31. The Balaban J connectivity index is 1.83. The second-order valence-corrected chi connectivity index (χ2v) is 4.84. The smallest absolute Gasteiger partial charge is 0.0364 e. The van der Waals surface area contributed by atoms with E-state index in [4.69, 9.17) is 5.73 Å². The quantitative estimate of drug-likeness (QED) is 0.840. The van der Waals surface area contributed by atoms with Crippen LogP contribution in [0.3, 0.4) is 0 Å². The molecule has 0 amide bonds. The van der Waals surface area contributed by atoms with Crippen molar-refractivity contribution in [2.45, 2.75) is 19.4 Å². The number of anilines is 1. The maximum Gasteiger partial charge on any atom is 0.0364 e. The minimum atomic E-state index is 0.623. The molecule has 1 heterocycles. The molecule has 0 bridgehead atoms. The number of nitrogens with two attached hydrogens (primary N) is 1. The fraction of sp³-hybridized carbons (Fsp3) is 0.571. The molecule has 0 aliphatic carbocycles. The Morgan fingerprint density at radius 1 is 1.18 bits per heavy atom. The zero-order valence-electron chi connectivity index (χ0n) is 10.7. The van der Waals surface area contributed by atoms with Gasteiger partial charge in [-0.05, 0) is 43.6 Å². The maximum atomic E-state index is 5.60. The van der Waals surface area contributed by atoms with E-state index < -0.39 is 0 Å². The Morgan fingerprint density at radius 3 is 2.41 bits per heavy atom. The summed E-state index contributed by atoms with van der Waals surface area (Å²) in [6.45, 7) is 5.45. The first-order valence-electron chi connectivity index (χ1n) is 6.52. The highest BCUT2D eigenvalue weighted by molar-refractivity contribution is 5.46. The van der Waals surface area contributed by atoms with Crippen molar-refractivity contribution in [2.24, 2.45) is 5.73 Å². The molecule has 0 unspecified atom stereocenters. The first kappa shape index (κ1) is 12.4. The normalized spacial score (nSPS) is 16.4. The van der Waals surface area contributed by atoms with Gasteiger partial charge in [-0.1, -0.05) is 12.1 Å². The zero-order valence-corrected chi connectivity index (χ0v) is 10.7. The molecule has 94 valence electrons. The lowest BCUT2D eigenvalue weighted by Gasteiger charge is -2.23. The van der Waals surface area contributed by atoms with Crippen LogP contribution in [0.25, 0.3) is 0 Å². The van der Waals surface area contributed by atoms with Crippen molar-refractivity contribution >= 4 is 5.69 Å². The molecular formula is C14H23N3. The van der Waals surface area contributed by atoms with E-state index in [0.29, 0.717) is 6.54 Å². The van der Waals surface area contributed by atoms with Crippen molar-refractivity contribution in [3.05, 3.63) is 29.8 Å². The van der Waals surface area contributed by atoms with Crippen LogP contribution in [0.15, 0.2) is 24.3 Å². The van der Waals surface area contributed by atoms with Gasteiger partial charge in [0.25, 0.3) is 0 Å². The average Bonchev–Trinajstić information content (AvgIpc) is 2.89. The van der Waals surface area contributed by atoms with E-state index >= 15 is 0 Å². The number of likely N-dealkylation sites (N-methyl/N-ethyl adjacent to an activating group) is 1. The first-order valence-corrected chi connectivity index (χ1v) is 6.52. The maximum absolute atomic E-state index is 5.60. The molecule has 1 aliphatic rings. The molecular weight excluding hydrogens is 210 g/mol. The lowest BCUT2D eigenvalue weighted by atomic mass is 10.2. The molecule has 1 fully saturated rings. The number of nitrogens with zero attached hydrogens (tertiary/aromatic N) is 2. The highest BCUT2D eigenvalue weighted by Crippen LogP contribution is 2.14. The van der Waals surface area contributed by atoms with Gasteiger partial charge in [0.05, 0.1) is 0 Å². The van der Waals surface area contributed by atoms with E-state index in [1.807, 2.05) is 0 Å². The van der Waals surface area contributed by atoms with Crippen molar-refractivity contribution in [2.75, 3.05) is 38.1 Å². The number of benzene rings is 1. The van der Waals surface area contributed by atoms with Gasteiger partial charge in [-0.3, -0.25) is 0 Å². The summed E-state index contributed by atoms with van der Waals surface area (Å²) in [4.78, 5) is 4.86. The summed E-state index contributed by atoms with van der Waals surface area (Å²) >= 11 is 0.